The SMILES string of the molecule is CN(N)/C(=C(\N)COc1ccc(Cl)c2c1C(N1CC3(CC3)CC1=O)N(C(=O)[C@@H]1CCC[C@]1(C)C(=O)O)CC2)C(F)F. The molecular formula is C28H36ClF2N5O5. The number of carbonyl (C=O) groups is 3. The molecule has 3 fully saturated rings. The summed E-state index contributed by atoms with van der Waals surface area (Å²) >= 11 is 6.63. The summed E-state index contributed by atoms with van der Waals surface area (Å²) < 4.78 is 33.2. The number of fused-ring (bicyclic) bond motifs is 1. The van der Waals surface area contributed by atoms with Gasteiger partial charge < -0.3 is 30.4 Å². The monoisotopic (exact) mass is 595 g/mol. The zero-order chi connectivity index (χ0) is 29.9. The number of benzene rings is 1. The van der Waals surface area contributed by atoms with Crippen molar-refractivity contribution in [3.05, 3.63) is 39.7 Å². The Labute approximate surface area is 242 Å². The number of allylic oxidation sites excluding steroid dienone is 1. The van der Waals surface area contributed by atoms with Crippen molar-refractivity contribution in [2.24, 2.45) is 28.3 Å². The molecule has 1 unspecified atom stereocenters. The lowest BCUT2D eigenvalue weighted by atomic mass is 9.78. The van der Waals surface area contributed by atoms with Crippen LogP contribution in [0.5, 0.6) is 5.75 Å². The molecule has 0 aromatic heterocycles. The zero-order valence-electron chi connectivity index (χ0n) is 23.2. The Hall–Kier alpha value is -3.12. The van der Waals surface area contributed by atoms with Gasteiger partial charge in [0, 0.05) is 37.1 Å². The number of rotatable bonds is 8. The number of hydrazine groups is 1. The minimum absolute atomic E-state index is 0.111. The summed E-state index contributed by atoms with van der Waals surface area (Å²) in [4.78, 5) is 43.2. The summed E-state index contributed by atoms with van der Waals surface area (Å²) in [7, 11) is 1.25. The zero-order valence-corrected chi connectivity index (χ0v) is 23.9. The predicted octanol–water partition coefficient (Wildman–Crippen LogP) is 3.25. The lowest BCUT2D eigenvalue weighted by Crippen LogP contribution is -2.53. The van der Waals surface area contributed by atoms with Crippen LogP contribution in [0.2, 0.25) is 5.02 Å². The predicted molar refractivity (Wildman–Crippen MR) is 145 cm³/mol. The van der Waals surface area contributed by atoms with Gasteiger partial charge in [-0.1, -0.05) is 18.0 Å². The number of hydrogen-bond donors (Lipinski definition) is 3. The van der Waals surface area contributed by atoms with Gasteiger partial charge in [-0.3, -0.25) is 14.4 Å². The molecule has 2 aliphatic carbocycles. The summed E-state index contributed by atoms with van der Waals surface area (Å²) in [6.45, 7) is 1.86. The van der Waals surface area contributed by atoms with E-state index in [1.165, 1.54) is 7.05 Å². The van der Waals surface area contributed by atoms with Crippen LogP contribution in [-0.4, -0.2) is 70.9 Å². The van der Waals surface area contributed by atoms with E-state index in [9.17, 15) is 28.3 Å². The number of carboxylic acid groups (broad SMARTS) is 1. The molecule has 1 aromatic rings. The largest absolute Gasteiger partial charge is 0.487 e. The van der Waals surface area contributed by atoms with Crippen LogP contribution in [-0.2, 0) is 20.8 Å². The van der Waals surface area contributed by atoms with Gasteiger partial charge in [-0.25, -0.2) is 14.6 Å². The molecule has 0 bridgehead atoms. The molecule has 2 heterocycles. The number of ether oxygens (including phenoxy) is 1. The van der Waals surface area contributed by atoms with Gasteiger partial charge in [0.15, 0.2) is 0 Å². The molecule has 1 spiro atoms. The van der Waals surface area contributed by atoms with Gasteiger partial charge in [-0.05, 0) is 62.1 Å². The second-order valence-corrected chi connectivity index (χ2v) is 12.5. The number of carboxylic acids is 1. The van der Waals surface area contributed by atoms with E-state index in [1.54, 1.807) is 28.9 Å². The lowest BCUT2D eigenvalue weighted by Gasteiger charge is -2.45. The van der Waals surface area contributed by atoms with Crippen LogP contribution in [0.1, 0.15) is 62.7 Å². The summed E-state index contributed by atoms with van der Waals surface area (Å²) in [5, 5.41) is 11.2. The molecule has 5 rings (SSSR count). The van der Waals surface area contributed by atoms with Crippen LogP contribution in [0, 0.1) is 16.7 Å². The Balaban J connectivity index is 1.57. The number of carbonyl (C=O) groups excluding carboxylic acids is 2. The van der Waals surface area contributed by atoms with E-state index in [2.05, 4.69) is 0 Å². The van der Waals surface area contributed by atoms with Gasteiger partial charge in [0.05, 0.1) is 17.0 Å². The summed E-state index contributed by atoms with van der Waals surface area (Å²) in [5.41, 5.74) is 4.93. The van der Waals surface area contributed by atoms with E-state index < -0.39 is 42.2 Å². The number of alkyl halides is 2. The van der Waals surface area contributed by atoms with Crippen molar-refractivity contribution in [3.8, 4) is 5.75 Å². The van der Waals surface area contributed by atoms with Crippen molar-refractivity contribution in [3.63, 3.8) is 0 Å². The molecule has 224 valence electrons. The van der Waals surface area contributed by atoms with Crippen molar-refractivity contribution in [1.82, 2.24) is 14.8 Å². The first-order chi connectivity index (χ1) is 19.3. The third kappa shape index (κ3) is 5.09. The third-order valence-electron chi connectivity index (χ3n) is 9.35. The normalized spacial score (nSPS) is 27.2. The number of likely N-dealkylation sites (tertiary alicyclic amines) is 1. The summed E-state index contributed by atoms with van der Waals surface area (Å²) in [5.74, 6) is 3.59. The van der Waals surface area contributed by atoms with Crippen LogP contribution in [0.3, 0.4) is 0 Å². The van der Waals surface area contributed by atoms with Crippen molar-refractivity contribution >= 4 is 29.4 Å². The maximum absolute atomic E-state index is 14.2. The first-order valence-electron chi connectivity index (χ1n) is 13.8. The molecular weight excluding hydrogens is 560 g/mol. The molecule has 3 atom stereocenters. The molecule has 1 saturated heterocycles. The van der Waals surface area contributed by atoms with Gasteiger partial charge in [0.25, 0.3) is 6.43 Å². The fourth-order valence-corrected chi connectivity index (χ4v) is 7.03. The average molecular weight is 596 g/mol. The second-order valence-electron chi connectivity index (χ2n) is 12.1. The van der Waals surface area contributed by atoms with E-state index in [0.717, 1.165) is 17.9 Å². The fourth-order valence-electron chi connectivity index (χ4n) is 6.78. The quantitative estimate of drug-likeness (QED) is 0.307. The summed E-state index contributed by atoms with van der Waals surface area (Å²) in [6, 6.07) is 3.20. The van der Waals surface area contributed by atoms with E-state index >= 15 is 0 Å². The number of aliphatic carboxylic acids is 1. The van der Waals surface area contributed by atoms with Crippen LogP contribution >= 0.6 is 11.6 Å². The first-order valence-corrected chi connectivity index (χ1v) is 14.2. The molecule has 4 aliphatic rings. The first kappa shape index (κ1) is 29.4. The van der Waals surface area contributed by atoms with Crippen molar-refractivity contribution in [2.75, 3.05) is 26.7 Å². The molecule has 1 aromatic carbocycles. The number of halogens is 3. The topological polar surface area (TPSA) is 142 Å². The van der Waals surface area contributed by atoms with Crippen LogP contribution in [0.4, 0.5) is 8.78 Å². The fraction of sp³-hybridized carbons (Fsp3) is 0.607. The van der Waals surface area contributed by atoms with Crippen LogP contribution in [0.25, 0.3) is 0 Å². The van der Waals surface area contributed by atoms with Gasteiger partial charge in [0.2, 0.25) is 11.8 Å². The third-order valence-corrected chi connectivity index (χ3v) is 9.70. The number of amides is 2. The number of nitrogens with zero attached hydrogens (tertiary/aromatic N) is 3. The Morgan fingerprint density at radius 3 is 2.59 bits per heavy atom. The Morgan fingerprint density at radius 2 is 2.00 bits per heavy atom. The minimum atomic E-state index is -2.93. The molecule has 2 saturated carbocycles. The molecule has 41 heavy (non-hydrogen) atoms. The molecule has 5 N–H and O–H groups in total. The smallest absolute Gasteiger partial charge is 0.310 e. The maximum Gasteiger partial charge on any atom is 0.310 e. The highest BCUT2D eigenvalue weighted by molar-refractivity contribution is 6.31. The maximum atomic E-state index is 14.2. The van der Waals surface area contributed by atoms with Crippen LogP contribution in [0.15, 0.2) is 23.5 Å². The standard InChI is InChI=1S/C28H36ClF2N5O5/c1-27(26(39)40)8-3-4-16(27)25(38)35-11-7-15-17(29)5-6-19(41-13-18(32)22(23(30)31)34(2)33)21(15)24(35)36-14-28(9-10-28)12-20(36)37/h5-6,16,23-24H,3-4,7-14,32-33H2,1-2H3,(H,39,40)/b22-18-/t16-,24?,27-/m0/s1. The Bertz CT molecular complexity index is 1290. The summed E-state index contributed by atoms with van der Waals surface area (Å²) in [6.07, 6.45) is 0.127. The van der Waals surface area contributed by atoms with Gasteiger partial charge >= 0.3 is 5.97 Å². The molecule has 13 heteroatoms. The second kappa shape index (κ2) is 10.6. The lowest BCUT2D eigenvalue weighted by molar-refractivity contribution is -0.160. The number of nitrogens with two attached hydrogens (primary N) is 2. The van der Waals surface area contributed by atoms with E-state index in [4.69, 9.17) is 27.9 Å². The molecule has 10 nitrogen and oxygen atoms in total. The van der Waals surface area contributed by atoms with Gasteiger partial charge in [0.1, 0.15) is 24.2 Å². The molecule has 2 amide bonds. The highest BCUT2D eigenvalue weighted by atomic mass is 35.5. The molecule has 0 radical (unpaired) electrons. The Morgan fingerprint density at radius 1 is 1.29 bits per heavy atom. The number of hydrogen-bond acceptors (Lipinski definition) is 7. The average Bonchev–Trinajstić information content (AvgIpc) is 3.40. The van der Waals surface area contributed by atoms with Crippen molar-refractivity contribution in [2.45, 2.75) is 64.5 Å². The molecule has 2 aliphatic heterocycles. The Kier molecular flexibility index (Phi) is 7.60. The van der Waals surface area contributed by atoms with Crippen molar-refractivity contribution < 1.29 is 33.0 Å². The van der Waals surface area contributed by atoms with Crippen LogP contribution < -0.4 is 16.3 Å². The van der Waals surface area contributed by atoms with Gasteiger partial charge in [-0.15, -0.1) is 0 Å². The van der Waals surface area contributed by atoms with Gasteiger partial charge in [-0.2, -0.15) is 0 Å². The van der Waals surface area contributed by atoms with E-state index in [0.29, 0.717) is 54.8 Å². The highest BCUT2D eigenvalue weighted by Crippen LogP contribution is 2.56. The minimum Gasteiger partial charge on any atom is -0.487 e. The van der Waals surface area contributed by atoms with E-state index in [-0.39, 0.29) is 35.2 Å². The van der Waals surface area contributed by atoms with Crippen molar-refractivity contribution in [1.29, 1.82) is 0 Å². The highest BCUT2D eigenvalue weighted by Gasteiger charge is 2.57. The van der Waals surface area contributed by atoms with E-state index in [1.807, 2.05) is 0 Å².